The van der Waals surface area contributed by atoms with Gasteiger partial charge in [0.15, 0.2) is 0 Å². The van der Waals surface area contributed by atoms with Crippen molar-refractivity contribution in [2.24, 2.45) is 0 Å². The Bertz CT molecular complexity index is 1370. The minimum Gasteiger partial charge on any atom is -0.367 e. The van der Waals surface area contributed by atoms with E-state index in [2.05, 4.69) is 32.3 Å². The average Bonchev–Trinajstić information content (AvgIpc) is 3.46. The molecule has 3 aliphatic rings. The Balaban J connectivity index is 1.43. The van der Waals surface area contributed by atoms with E-state index in [1.54, 1.807) is 24.3 Å². The minimum absolute atomic E-state index is 0.0337. The second kappa shape index (κ2) is 12.1. The van der Waals surface area contributed by atoms with E-state index >= 15 is 4.39 Å². The maximum Gasteiger partial charge on any atom is 0.417 e. The molecular formula is C31H35F4N5O. The third-order valence-corrected chi connectivity index (χ3v) is 7.94. The Morgan fingerprint density at radius 2 is 1.80 bits per heavy atom. The Morgan fingerprint density at radius 3 is 2.49 bits per heavy atom. The second-order valence-electron chi connectivity index (χ2n) is 10.9. The number of halogens is 4. The van der Waals surface area contributed by atoms with Crippen LogP contribution in [0.25, 0.3) is 11.1 Å². The molecule has 3 N–H and O–H groups in total. The van der Waals surface area contributed by atoms with Crippen LogP contribution in [0.5, 0.6) is 0 Å². The van der Waals surface area contributed by atoms with Crippen molar-refractivity contribution in [1.29, 1.82) is 0 Å². The van der Waals surface area contributed by atoms with Gasteiger partial charge in [0.05, 0.1) is 22.5 Å². The summed E-state index contributed by atoms with van der Waals surface area (Å²) in [4.78, 5) is 17.5. The fourth-order valence-corrected chi connectivity index (χ4v) is 5.57. The molecule has 0 bridgehead atoms. The molecule has 2 aromatic carbocycles. The van der Waals surface area contributed by atoms with Gasteiger partial charge >= 0.3 is 6.18 Å². The van der Waals surface area contributed by atoms with Crippen molar-refractivity contribution in [2.75, 3.05) is 43.4 Å². The molecule has 218 valence electrons. The fourth-order valence-electron chi connectivity index (χ4n) is 5.57. The van der Waals surface area contributed by atoms with Gasteiger partial charge in [0.1, 0.15) is 5.82 Å². The van der Waals surface area contributed by atoms with Gasteiger partial charge in [0.25, 0.3) is 5.91 Å². The van der Waals surface area contributed by atoms with Crippen LogP contribution in [0.2, 0.25) is 0 Å². The quantitative estimate of drug-likeness (QED) is 0.374. The topological polar surface area (TPSA) is 59.6 Å². The second-order valence-corrected chi connectivity index (χ2v) is 10.9. The van der Waals surface area contributed by atoms with Crippen molar-refractivity contribution in [3.05, 3.63) is 83.5 Å². The molecule has 6 nitrogen and oxygen atoms in total. The van der Waals surface area contributed by atoms with Crippen LogP contribution >= 0.6 is 0 Å². The van der Waals surface area contributed by atoms with Crippen molar-refractivity contribution in [1.82, 2.24) is 15.5 Å². The predicted octanol–water partition coefficient (Wildman–Crippen LogP) is 5.70. The van der Waals surface area contributed by atoms with Crippen molar-refractivity contribution < 1.29 is 22.4 Å². The van der Waals surface area contributed by atoms with Crippen LogP contribution in [-0.2, 0) is 11.3 Å². The number of nitrogens with one attached hydrogen (secondary N) is 3. The van der Waals surface area contributed by atoms with Gasteiger partial charge in [-0.3, -0.25) is 4.79 Å². The van der Waals surface area contributed by atoms with Gasteiger partial charge in [-0.2, -0.15) is 13.2 Å². The number of likely N-dealkylation sites (N-methyl/N-ethyl adjacent to an activating group) is 1. The lowest BCUT2D eigenvalue weighted by atomic mass is 10.00. The van der Waals surface area contributed by atoms with Crippen LogP contribution < -0.4 is 20.9 Å². The van der Waals surface area contributed by atoms with Crippen LogP contribution in [0.15, 0.2) is 72.1 Å². The Hall–Kier alpha value is -3.63. The van der Waals surface area contributed by atoms with E-state index in [1.807, 2.05) is 13.1 Å². The monoisotopic (exact) mass is 569 g/mol. The molecule has 0 radical (unpaired) electrons. The van der Waals surface area contributed by atoms with E-state index in [0.29, 0.717) is 48.2 Å². The van der Waals surface area contributed by atoms with Gasteiger partial charge < -0.3 is 25.8 Å². The van der Waals surface area contributed by atoms with Gasteiger partial charge in [-0.25, -0.2) is 4.39 Å². The zero-order valence-corrected chi connectivity index (χ0v) is 23.1. The highest BCUT2D eigenvalue weighted by molar-refractivity contribution is 6.09. The molecule has 5 rings (SSSR count). The summed E-state index contributed by atoms with van der Waals surface area (Å²) in [5.74, 6) is -1.32. The minimum atomic E-state index is -4.74. The zero-order chi connectivity index (χ0) is 29.1. The number of allylic oxidation sites excluding steroid dienone is 1. The zero-order valence-electron chi connectivity index (χ0n) is 23.1. The standard InChI is InChI=1S/C31H35F4N5O/c1-20-15-26(31(33,34)35)25(19-36-20)30(41)38-28-17-22(8-10-29(28)40-13-11-39(2)12-14-40)24-9-7-21(16-27(24)32)18-37-23-5-3-4-6-23/h7-10,15-17,19,23,36-37H,1,3-6,11-14,18H2,2H3,(H,38,41). The normalized spacial score (nSPS) is 18.7. The molecule has 41 heavy (non-hydrogen) atoms. The first kappa shape index (κ1) is 28.9. The van der Waals surface area contributed by atoms with E-state index in [0.717, 1.165) is 43.8 Å². The number of hydrogen-bond acceptors (Lipinski definition) is 5. The first-order valence-electron chi connectivity index (χ1n) is 13.9. The lowest BCUT2D eigenvalue weighted by Gasteiger charge is -2.35. The highest BCUT2D eigenvalue weighted by atomic mass is 19.4. The predicted molar refractivity (Wildman–Crippen MR) is 154 cm³/mol. The number of hydrogen-bond donors (Lipinski definition) is 3. The average molecular weight is 570 g/mol. The molecule has 2 aromatic rings. The van der Waals surface area contributed by atoms with E-state index in [1.165, 1.54) is 18.9 Å². The van der Waals surface area contributed by atoms with Crippen molar-refractivity contribution in [3.8, 4) is 11.1 Å². The number of dihydropyridines is 1. The first-order chi connectivity index (χ1) is 19.6. The molecule has 1 saturated carbocycles. The number of alkyl halides is 3. The van der Waals surface area contributed by atoms with E-state index in [9.17, 15) is 18.0 Å². The number of rotatable bonds is 7. The lowest BCUT2D eigenvalue weighted by molar-refractivity contribution is -0.115. The molecule has 0 spiro atoms. The Morgan fingerprint density at radius 1 is 1.07 bits per heavy atom. The van der Waals surface area contributed by atoms with Crippen LogP contribution in [0.1, 0.15) is 31.2 Å². The maximum absolute atomic E-state index is 15.3. The van der Waals surface area contributed by atoms with Crippen molar-refractivity contribution in [3.63, 3.8) is 0 Å². The molecule has 2 fully saturated rings. The molecule has 1 amide bonds. The third kappa shape index (κ3) is 6.82. The first-order valence-corrected chi connectivity index (χ1v) is 13.9. The third-order valence-electron chi connectivity index (χ3n) is 7.94. The van der Waals surface area contributed by atoms with Crippen molar-refractivity contribution in [2.45, 2.75) is 44.4 Å². The molecule has 1 aliphatic carbocycles. The highest BCUT2D eigenvalue weighted by Gasteiger charge is 2.39. The van der Waals surface area contributed by atoms with Crippen LogP contribution in [0, 0.1) is 5.82 Å². The summed E-state index contributed by atoms with van der Waals surface area (Å²) in [7, 11) is 2.01. The summed E-state index contributed by atoms with van der Waals surface area (Å²) in [5, 5.41) is 8.78. The summed E-state index contributed by atoms with van der Waals surface area (Å²) in [6.45, 7) is 7.02. The summed E-state index contributed by atoms with van der Waals surface area (Å²) in [6, 6.07) is 10.8. The number of amides is 1. The van der Waals surface area contributed by atoms with Gasteiger partial charge in [-0.1, -0.05) is 37.6 Å². The van der Waals surface area contributed by atoms with E-state index in [4.69, 9.17) is 0 Å². The molecule has 2 heterocycles. The smallest absolute Gasteiger partial charge is 0.367 e. The number of piperazine rings is 1. The molecule has 1 saturated heterocycles. The van der Waals surface area contributed by atoms with Gasteiger partial charge in [-0.05, 0) is 55.3 Å². The maximum atomic E-state index is 15.3. The van der Waals surface area contributed by atoms with Crippen LogP contribution in [0.3, 0.4) is 0 Å². The molecule has 0 aromatic heterocycles. The summed E-state index contributed by atoms with van der Waals surface area (Å²) >= 11 is 0. The van der Waals surface area contributed by atoms with E-state index < -0.39 is 29.0 Å². The van der Waals surface area contributed by atoms with E-state index in [-0.39, 0.29) is 5.70 Å². The summed E-state index contributed by atoms with van der Waals surface area (Å²) < 4.78 is 56.6. The largest absolute Gasteiger partial charge is 0.417 e. The summed E-state index contributed by atoms with van der Waals surface area (Å²) in [6.07, 6.45) is 1.78. The van der Waals surface area contributed by atoms with Gasteiger partial charge in [0, 0.05) is 56.2 Å². The Labute approximate surface area is 237 Å². The van der Waals surface area contributed by atoms with Crippen LogP contribution in [0.4, 0.5) is 28.9 Å². The fraction of sp³-hybridized carbons (Fsp3) is 0.387. The number of anilines is 2. The van der Waals surface area contributed by atoms with Crippen LogP contribution in [-0.4, -0.2) is 56.3 Å². The number of carbonyl (C=O) groups is 1. The lowest BCUT2D eigenvalue weighted by Crippen LogP contribution is -2.44. The molecule has 0 atom stereocenters. The summed E-state index contributed by atoms with van der Waals surface area (Å²) in [5.41, 5.74) is 1.09. The van der Waals surface area contributed by atoms with Gasteiger partial charge in [0.2, 0.25) is 0 Å². The Kier molecular flexibility index (Phi) is 8.51. The SMILES string of the molecule is C=C1C=C(C(F)(F)F)C(C(=O)Nc2cc(-c3ccc(CNC4CCCC4)cc3F)ccc2N2CCN(C)CC2)=CN1. The number of nitrogens with zero attached hydrogens (tertiary/aromatic N) is 2. The number of carbonyl (C=O) groups excluding carboxylic acids is 1. The molecule has 0 unspecified atom stereocenters. The molecule has 10 heteroatoms. The molecule has 2 aliphatic heterocycles. The highest BCUT2D eigenvalue weighted by Crippen LogP contribution is 2.37. The number of benzene rings is 2. The molecular weight excluding hydrogens is 534 g/mol. The van der Waals surface area contributed by atoms with Gasteiger partial charge in [-0.15, -0.1) is 0 Å². The van der Waals surface area contributed by atoms with Crippen molar-refractivity contribution >= 4 is 17.3 Å².